The zero-order chi connectivity index (χ0) is 33.8. The average Bonchev–Trinajstić information content (AvgIpc) is 3.36. The van der Waals surface area contributed by atoms with Crippen molar-refractivity contribution in [1.29, 1.82) is 0 Å². The zero-order valence-electron chi connectivity index (χ0n) is 31.1. The van der Waals surface area contributed by atoms with Crippen LogP contribution >= 0.6 is 0 Å². The van der Waals surface area contributed by atoms with E-state index in [1.54, 1.807) is 5.57 Å². The summed E-state index contributed by atoms with van der Waals surface area (Å²) in [5.41, 5.74) is 9.80. The molecule has 4 atom stereocenters. The van der Waals surface area contributed by atoms with Gasteiger partial charge in [0.15, 0.2) is 0 Å². The summed E-state index contributed by atoms with van der Waals surface area (Å²) in [7, 11) is -4.60. The van der Waals surface area contributed by atoms with Gasteiger partial charge in [-0.05, 0) is 95.4 Å². The summed E-state index contributed by atoms with van der Waals surface area (Å²) in [5.74, 6) is 1.36. The molecule has 2 aliphatic rings. The molecule has 46 heavy (non-hydrogen) atoms. The van der Waals surface area contributed by atoms with Gasteiger partial charge in [0.2, 0.25) is 8.32 Å². The Morgan fingerprint density at radius 2 is 1.37 bits per heavy atom. The van der Waals surface area contributed by atoms with Gasteiger partial charge in [-0.2, -0.15) is 0 Å². The lowest BCUT2D eigenvalue weighted by Gasteiger charge is -2.55. The monoisotopic (exact) mass is 661 g/mol. The summed E-state index contributed by atoms with van der Waals surface area (Å²) >= 11 is 0. The molecule has 2 aromatic carbocycles. The molecule has 0 saturated heterocycles. The Hall–Kier alpha value is -1.51. The molecule has 0 amide bonds. The van der Waals surface area contributed by atoms with Crippen molar-refractivity contribution in [2.75, 3.05) is 13.2 Å². The maximum Gasteiger partial charge on any atom is 0.261 e. The molecule has 256 valence electrons. The molecule has 0 heterocycles. The van der Waals surface area contributed by atoms with Crippen molar-refractivity contribution in [2.45, 2.75) is 142 Å². The van der Waals surface area contributed by atoms with Gasteiger partial charge in [-0.3, -0.25) is 0 Å². The summed E-state index contributed by atoms with van der Waals surface area (Å²) in [5, 5.41) is 2.72. The number of fused-ring (bicyclic) bond motifs is 1. The molecule has 0 aliphatic heterocycles. The summed E-state index contributed by atoms with van der Waals surface area (Å²) in [6, 6.07) is 22.2. The lowest BCUT2D eigenvalue weighted by Crippen LogP contribution is -2.66. The normalized spacial score (nSPS) is 24.1. The molecule has 0 unspecified atom stereocenters. The number of rotatable bonds is 15. The highest BCUT2D eigenvalue weighted by atomic mass is 28.4. The van der Waals surface area contributed by atoms with E-state index in [1.165, 1.54) is 29.6 Å². The maximum atomic E-state index is 7.83. The Morgan fingerprint density at radius 3 is 1.85 bits per heavy atom. The molecule has 0 bridgehead atoms. The molecule has 5 heteroatoms. The van der Waals surface area contributed by atoms with Crippen molar-refractivity contribution in [2.24, 2.45) is 23.0 Å². The number of benzene rings is 2. The first kappa shape index (κ1) is 37.3. The Bertz CT molecular complexity index is 1190. The minimum absolute atomic E-state index is 0.00722. The minimum atomic E-state index is -2.55. The van der Waals surface area contributed by atoms with Crippen LogP contribution in [0.3, 0.4) is 0 Å². The smallest absolute Gasteiger partial charge is 0.261 e. The van der Waals surface area contributed by atoms with E-state index < -0.39 is 16.6 Å². The summed E-state index contributed by atoms with van der Waals surface area (Å²) in [6.45, 7) is 25.8. The Morgan fingerprint density at radius 1 is 0.826 bits per heavy atom. The maximum absolute atomic E-state index is 7.83. The van der Waals surface area contributed by atoms with Gasteiger partial charge in [-0.25, -0.2) is 0 Å². The van der Waals surface area contributed by atoms with Gasteiger partial charge in [-0.1, -0.05) is 142 Å². The van der Waals surface area contributed by atoms with Gasteiger partial charge in [-0.15, -0.1) is 0 Å². The fourth-order valence-corrected chi connectivity index (χ4v) is 20.4. The van der Waals surface area contributed by atoms with E-state index in [0.717, 1.165) is 38.8 Å². The highest BCUT2D eigenvalue weighted by molar-refractivity contribution is 6.99. The van der Waals surface area contributed by atoms with Gasteiger partial charge >= 0.3 is 0 Å². The number of nitrogens with two attached hydrogens (primary N) is 1. The van der Waals surface area contributed by atoms with Crippen LogP contribution < -0.4 is 16.1 Å². The largest absolute Gasteiger partial charge is 0.412 e. The topological polar surface area (TPSA) is 44.5 Å². The van der Waals surface area contributed by atoms with Crippen LogP contribution in [0.2, 0.25) is 21.7 Å². The number of allylic oxidation sites excluding steroid dienone is 1. The van der Waals surface area contributed by atoms with E-state index in [4.69, 9.17) is 14.6 Å². The van der Waals surface area contributed by atoms with Gasteiger partial charge in [0, 0.05) is 12.0 Å². The molecule has 1 saturated carbocycles. The SMILES string of the molecule is CC(C)[Si](O[C@H]1C[C@H](C)C[C@@H]2CC=C(CCCO[Si](c3ccccc3)(c3ccccc3)C(C)(C)C)[C@]21CCCN)(C(C)C)C(C)C. The third kappa shape index (κ3) is 6.96. The van der Waals surface area contributed by atoms with E-state index >= 15 is 0 Å². The molecular formula is C41H67NO2Si2. The number of hydrogen-bond donors (Lipinski definition) is 1. The minimum Gasteiger partial charge on any atom is -0.412 e. The van der Waals surface area contributed by atoms with Crippen molar-refractivity contribution in [1.82, 2.24) is 0 Å². The van der Waals surface area contributed by atoms with Crippen LogP contribution in [0.1, 0.15) is 114 Å². The quantitative estimate of drug-likeness (QED) is 0.117. The molecule has 3 nitrogen and oxygen atoms in total. The molecule has 4 rings (SSSR count). The van der Waals surface area contributed by atoms with Gasteiger partial charge in [0.25, 0.3) is 8.32 Å². The second kappa shape index (κ2) is 15.4. The van der Waals surface area contributed by atoms with Crippen molar-refractivity contribution < 1.29 is 8.85 Å². The first-order valence-electron chi connectivity index (χ1n) is 18.6. The van der Waals surface area contributed by atoms with Crippen LogP contribution in [0.25, 0.3) is 0 Å². The van der Waals surface area contributed by atoms with Crippen LogP contribution in [0.4, 0.5) is 0 Å². The predicted molar refractivity (Wildman–Crippen MR) is 204 cm³/mol. The van der Waals surface area contributed by atoms with Gasteiger partial charge in [0.05, 0.1) is 6.10 Å². The molecular weight excluding hydrogens is 595 g/mol. The predicted octanol–water partition coefficient (Wildman–Crippen LogP) is 10.0. The zero-order valence-corrected chi connectivity index (χ0v) is 33.1. The number of hydrogen-bond acceptors (Lipinski definition) is 3. The summed E-state index contributed by atoms with van der Waals surface area (Å²) in [4.78, 5) is 0. The first-order valence-corrected chi connectivity index (χ1v) is 22.6. The Labute approximate surface area is 285 Å². The van der Waals surface area contributed by atoms with E-state index in [1.807, 2.05) is 0 Å². The molecule has 1 fully saturated rings. The van der Waals surface area contributed by atoms with Crippen LogP contribution in [0.15, 0.2) is 72.3 Å². The summed E-state index contributed by atoms with van der Waals surface area (Å²) in [6.07, 6.45) is 11.0. The molecule has 2 aromatic rings. The fraction of sp³-hybridized carbons (Fsp3) is 0.659. The van der Waals surface area contributed by atoms with Gasteiger partial charge < -0.3 is 14.6 Å². The molecule has 0 spiro atoms. The Kier molecular flexibility index (Phi) is 12.5. The standard InChI is InChI=1S/C41H67NO2Si2/c1-31(2)45(32(3)4,33(5)6)44-39-30-34(7)29-36-25-24-35(41(36,39)26-18-27-42)19-17-28-43-46(40(8,9)10,37-20-13-11-14-21-37)38-22-15-12-16-23-38/h11-16,20-24,31-34,36,39H,17-19,25-30,42H2,1-10H3/t34-,36+,39+,41-/m1/s1. The van der Waals surface area contributed by atoms with E-state index in [9.17, 15) is 0 Å². The van der Waals surface area contributed by atoms with E-state index in [-0.39, 0.29) is 16.6 Å². The lowest BCUT2D eigenvalue weighted by atomic mass is 9.58. The highest BCUT2D eigenvalue weighted by Crippen LogP contribution is 2.60. The summed E-state index contributed by atoms with van der Waals surface area (Å²) < 4.78 is 15.2. The lowest BCUT2D eigenvalue weighted by molar-refractivity contribution is -0.0396. The van der Waals surface area contributed by atoms with Crippen LogP contribution in [-0.2, 0) is 8.85 Å². The van der Waals surface area contributed by atoms with Gasteiger partial charge in [0.1, 0.15) is 0 Å². The van der Waals surface area contributed by atoms with E-state index in [2.05, 4.69) is 136 Å². The first-order chi connectivity index (χ1) is 21.8. The van der Waals surface area contributed by atoms with Crippen molar-refractivity contribution in [3.63, 3.8) is 0 Å². The average molecular weight is 662 g/mol. The van der Waals surface area contributed by atoms with Crippen LogP contribution in [0, 0.1) is 17.3 Å². The molecule has 2 aliphatic carbocycles. The third-order valence-corrected chi connectivity index (χ3v) is 23.2. The van der Waals surface area contributed by atoms with Crippen LogP contribution in [0.5, 0.6) is 0 Å². The van der Waals surface area contributed by atoms with Crippen LogP contribution in [-0.4, -0.2) is 35.9 Å². The van der Waals surface area contributed by atoms with E-state index in [0.29, 0.717) is 28.5 Å². The van der Waals surface area contributed by atoms with Crippen molar-refractivity contribution in [3.05, 3.63) is 72.3 Å². The Balaban J connectivity index is 1.65. The second-order valence-electron chi connectivity index (χ2n) is 16.7. The molecule has 0 aromatic heterocycles. The third-order valence-electron chi connectivity index (χ3n) is 12.0. The van der Waals surface area contributed by atoms with Crippen molar-refractivity contribution in [3.8, 4) is 0 Å². The highest BCUT2D eigenvalue weighted by Gasteiger charge is 2.57. The molecule has 2 N–H and O–H groups in total. The molecule has 0 radical (unpaired) electrons. The fourth-order valence-electron chi connectivity index (χ4n) is 10.2. The van der Waals surface area contributed by atoms with Crippen molar-refractivity contribution >= 4 is 27.0 Å². The second-order valence-corrected chi connectivity index (χ2v) is 26.4.